The fourth-order valence-electron chi connectivity index (χ4n) is 0.951. The molecule has 0 spiro atoms. The van der Waals surface area contributed by atoms with Gasteiger partial charge in [0.25, 0.3) is 0 Å². The van der Waals surface area contributed by atoms with Crippen LogP contribution in [0.2, 0.25) is 0 Å². The number of carbonyl (C=O) groups is 1. The molecule has 1 heterocycles. The van der Waals surface area contributed by atoms with Crippen LogP contribution in [-0.4, -0.2) is 40.7 Å². The molecule has 1 fully saturated rings. The maximum Gasteiger partial charge on any atom is 0.319 e. The van der Waals surface area contributed by atoms with Gasteiger partial charge in [-0.2, -0.15) is 0 Å². The van der Waals surface area contributed by atoms with Crippen LogP contribution in [0.5, 0.6) is 0 Å². The van der Waals surface area contributed by atoms with Crippen LogP contribution < -0.4 is 5.43 Å². The highest BCUT2D eigenvalue weighted by Crippen LogP contribution is 2.17. The third kappa shape index (κ3) is 2.34. The molecule has 1 rings (SSSR count). The highest BCUT2D eigenvalue weighted by molar-refractivity contribution is 7.99. The van der Waals surface area contributed by atoms with Gasteiger partial charge in [-0.3, -0.25) is 4.79 Å². The number of rotatable bonds is 3. The summed E-state index contributed by atoms with van der Waals surface area (Å²) in [6.45, 7) is 1.77. The Balaban J connectivity index is 2.40. The number of nitrogens with one attached hydrogen (secondary N) is 1. The van der Waals surface area contributed by atoms with Gasteiger partial charge in [0.1, 0.15) is 12.8 Å². The molecule has 0 aromatic heterocycles. The molecule has 2 unspecified atom stereocenters. The van der Waals surface area contributed by atoms with Crippen molar-refractivity contribution in [1.29, 1.82) is 0 Å². The van der Waals surface area contributed by atoms with E-state index < -0.39 is 5.97 Å². The van der Waals surface area contributed by atoms with Gasteiger partial charge in [0.2, 0.25) is 0 Å². The summed E-state index contributed by atoms with van der Waals surface area (Å²) >= 11 is 1.50. The second kappa shape index (κ2) is 4.08. The molecule has 12 heavy (non-hydrogen) atoms. The summed E-state index contributed by atoms with van der Waals surface area (Å²) in [6.07, 6.45) is 1.72. The normalized spacial score (nSPS) is 30.8. The van der Waals surface area contributed by atoms with Gasteiger partial charge in [0.15, 0.2) is 5.56 Å². The third-order valence-corrected chi connectivity index (χ3v) is 2.20. The molecule has 5 nitrogen and oxygen atoms in total. The van der Waals surface area contributed by atoms with E-state index in [9.17, 15) is 4.79 Å². The topological polar surface area (TPSA) is 61.8 Å². The largest absolute Gasteiger partial charge is 0.480 e. The van der Waals surface area contributed by atoms with E-state index in [1.165, 1.54) is 11.8 Å². The molecule has 0 aromatic rings. The predicted molar refractivity (Wildman–Crippen MR) is 45.3 cm³/mol. The number of carboxylic acids is 1. The quantitative estimate of drug-likeness (QED) is 0.651. The average molecular weight is 192 g/mol. The van der Waals surface area contributed by atoms with Gasteiger partial charge in [0, 0.05) is 0 Å². The van der Waals surface area contributed by atoms with Gasteiger partial charge in [-0.05, 0) is 13.2 Å². The SMILES string of the molecule is CSC1NN(CC(=O)O)C(C)O1. The summed E-state index contributed by atoms with van der Waals surface area (Å²) in [6, 6.07) is 0. The lowest BCUT2D eigenvalue weighted by Gasteiger charge is -2.15. The zero-order valence-corrected chi connectivity index (χ0v) is 7.80. The third-order valence-electron chi connectivity index (χ3n) is 1.55. The first-order chi connectivity index (χ1) is 5.63. The Morgan fingerprint density at radius 3 is 2.92 bits per heavy atom. The molecule has 0 bridgehead atoms. The molecule has 70 valence electrons. The van der Waals surface area contributed by atoms with Crippen molar-refractivity contribution < 1.29 is 14.6 Å². The van der Waals surface area contributed by atoms with E-state index in [-0.39, 0.29) is 18.3 Å². The van der Waals surface area contributed by atoms with Crippen LogP contribution in [0.15, 0.2) is 0 Å². The molecule has 1 aliphatic rings. The van der Waals surface area contributed by atoms with Crippen LogP contribution in [0, 0.1) is 0 Å². The van der Waals surface area contributed by atoms with E-state index in [1.807, 2.05) is 13.2 Å². The van der Waals surface area contributed by atoms with Crippen molar-refractivity contribution in [2.75, 3.05) is 12.8 Å². The molecule has 6 heteroatoms. The molecule has 1 saturated heterocycles. The Labute approximate surface area is 75.0 Å². The molecule has 2 atom stereocenters. The van der Waals surface area contributed by atoms with Crippen LogP contribution in [0.4, 0.5) is 0 Å². The van der Waals surface area contributed by atoms with E-state index in [4.69, 9.17) is 9.84 Å². The number of nitrogens with zero attached hydrogens (tertiary/aromatic N) is 1. The fourth-order valence-corrected chi connectivity index (χ4v) is 1.46. The molecule has 0 aliphatic carbocycles. The molecular weight excluding hydrogens is 180 g/mol. The van der Waals surface area contributed by atoms with Crippen LogP contribution in [0.3, 0.4) is 0 Å². The zero-order chi connectivity index (χ0) is 9.14. The van der Waals surface area contributed by atoms with E-state index in [0.717, 1.165) is 0 Å². The van der Waals surface area contributed by atoms with Gasteiger partial charge in [0.05, 0.1) is 0 Å². The molecule has 0 saturated carbocycles. The van der Waals surface area contributed by atoms with Crippen LogP contribution >= 0.6 is 11.8 Å². The van der Waals surface area contributed by atoms with Gasteiger partial charge in [-0.15, -0.1) is 11.8 Å². The van der Waals surface area contributed by atoms with Crippen molar-refractivity contribution in [2.45, 2.75) is 18.7 Å². The van der Waals surface area contributed by atoms with E-state index in [0.29, 0.717) is 0 Å². The molecular formula is C6H12N2O3S. The fraction of sp³-hybridized carbons (Fsp3) is 0.833. The van der Waals surface area contributed by atoms with Gasteiger partial charge in [-0.1, -0.05) is 0 Å². The molecule has 0 amide bonds. The zero-order valence-electron chi connectivity index (χ0n) is 6.98. The molecule has 0 aromatic carbocycles. The van der Waals surface area contributed by atoms with Crippen LogP contribution in [-0.2, 0) is 9.53 Å². The van der Waals surface area contributed by atoms with Crippen LogP contribution in [0.25, 0.3) is 0 Å². The molecule has 0 radical (unpaired) electrons. The standard InChI is InChI=1S/C6H12N2O3S/c1-4-8(3-5(9)10)7-6(11-4)12-2/h4,6-7H,3H2,1-2H3,(H,9,10). The van der Waals surface area contributed by atoms with Gasteiger partial charge >= 0.3 is 5.97 Å². The summed E-state index contributed by atoms with van der Waals surface area (Å²) in [5.41, 5.74) is 2.79. The predicted octanol–water partition coefficient (Wildman–Crippen LogP) is -0.0996. The summed E-state index contributed by atoms with van der Waals surface area (Å²) in [4.78, 5) is 10.4. The lowest BCUT2D eigenvalue weighted by molar-refractivity contribution is -0.140. The van der Waals surface area contributed by atoms with Crippen molar-refractivity contribution in [1.82, 2.24) is 10.4 Å². The maximum atomic E-state index is 10.4. The number of aliphatic carboxylic acids is 1. The second-order valence-electron chi connectivity index (χ2n) is 2.45. The minimum absolute atomic E-state index is 0.0434. The second-order valence-corrected chi connectivity index (χ2v) is 3.35. The maximum absolute atomic E-state index is 10.4. The number of carboxylic acid groups (broad SMARTS) is 1. The summed E-state index contributed by atoms with van der Waals surface area (Å²) in [7, 11) is 0. The Kier molecular flexibility index (Phi) is 3.33. The summed E-state index contributed by atoms with van der Waals surface area (Å²) < 4.78 is 5.34. The smallest absolute Gasteiger partial charge is 0.319 e. The monoisotopic (exact) mass is 192 g/mol. The van der Waals surface area contributed by atoms with Crippen molar-refractivity contribution in [3.05, 3.63) is 0 Å². The Morgan fingerprint density at radius 1 is 1.83 bits per heavy atom. The Bertz CT molecular complexity index is 178. The van der Waals surface area contributed by atoms with E-state index in [2.05, 4.69) is 5.43 Å². The van der Waals surface area contributed by atoms with Crippen molar-refractivity contribution in [3.8, 4) is 0 Å². The minimum Gasteiger partial charge on any atom is -0.480 e. The highest BCUT2D eigenvalue weighted by Gasteiger charge is 2.29. The molecule has 2 N–H and O–H groups in total. The number of hydrogen-bond acceptors (Lipinski definition) is 5. The summed E-state index contributed by atoms with van der Waals surface area (Å²) in [5.74, 6) is -0.861. The number of hydrogen-bond donors (Lipinski definition) is 2. The first-order valence-electron chi connectivity index (χ1n) is 3.56. The molecule has 1 aliphatic heterocycles. The van der Waals surface area contributed by atoms with Crippen molar-refractivity contribution in [3.63, 3.8) is 0 Å². The van der Waals surface area contributed by atoms with E-state index >= 15 is 0 Å². The Morgan fingerprint density at radius 2 is 2.50 bits per heavy atom. The number of hydrazine groups is 1. The highest BCUT2D eigenvalue weighted by atomic mass is 32.2. The van der Waals surface area contributed by atoms with Gasteiger partial charge in [-0.25, -0.2) is 10.4 Å². The number of thioether (sulfide) groups is 1. The van der Waals surface area contributed by atoms with E-state index in [1.54, 1.807) is 5.01 Å². The Hall–Kier alpha value is -0.300. The van der Waals surface area contributed by atoms with Crippen LogP contribution in [0.1, 0.15) is 6.92 Å². The van der Waals surface area contributed by atoms with Crippen molar-refractivity contribution in [2.24, 2.45) is 0 Å². The van der Waals surface area contributed by atoms with Crippen molar-refractivity contribution >= 4 is 17.7 Å². The summed E-state index contributed by atoms with van der Waals surface area (Å²) in [5, 5.41) is 10.1. The average Bonchev–Trinajstić information content (AvgIpc) is 2.31. The lowest BCUT2D eigenvalue weighted by Crippen LogP contribution is -2.41. The number of ether oxygens (including phenoxy) is 1. The minimum atomic E-state index is -0.861. The van der Waals surface area contributed by atoms with Gasteiger partial charge < -0.3 is 9.84 Å². The first kappa shape index (κ1) is 9.79. The first-order valence-corrected chi connectivity index (χ1v) is 4.85. The lowest BCUT2D eigenvalue weighted by atomic mass is 10.5.